The maximum absolute atomic E-state index is 13.8. The summed E-state index contributed by atoms with van der Waals surface area (Å²) in [6.45, 7) is 1.51. The standard InChI is InChI=1S/C18H15FN2O3S/c1-11(22)12-7-8-16(23-2)13(9-12)10-25-18-21-20-17(24-18)14-5-3-4-6-15(14)19/h3-9H,10H2,1-2H3. The summed E-state index contributed by atoms with van der Waals surface area (Å²) in [7, 11) is 1.57. The van der Waals surface area contributed by atoms with E-state index in [-0.39, 0.29) is 17.2 Å². The zero-order valence-corrected chi connectivity index (χ0v) is 14.5. The molecule has 0 N–H and O–H groups in total. The van der Waals surface area contributed by atoms with Gasteiger partial charge < -0.3 is 9.15 Å². The van der Waals surface area contributed by atoms with E-state index in [1.54, 1.807) is 43.5 Å². The van der Waals surface area contributed by atoms with Gasteiger partial charge in [0.05, 0.1) is 12.7 Å². The number of halogens is 1. The number of methoxy groups -OCH3 is 1. The molecule has 0 aliphatic carbocycles. The lowest BCUT2D eigenvalue weighted by Gasteiger charge is -2.08. The Morgan fingerprint density at radius 3 is 2.76 bits per heavy atom. The Bertz CT molecular complexity index is 911. The average molecular weight is 358 g/mol. The third-order valence-corrected chi connectivity index (χ3v) is 4.42. The van der Waals surface area contributed by atoms with Gasteiger partial charge in [0.25, 0.3) is 11.1 Å². The van der Waals surface area contributed by atoms with E-state index < -0.39 is 5.82 Å². The minimum atomic E-state index is -0.418. The van der Waals surface area contributed by atoms with Crippen molar-refractivity contribution in [2.24, 2.45) is 0 Å². The summed E-state index contributed by atoms with van der Waals surface area (Å²) in [5.41, 5.74) is 1.71. The van der Waals surface area contributed by atoms with Gasteiger partial charge >= 0.3 is 0 Å². The summed E-state index contributed by atoms with van der Waals surface area (Å²) in [6, 6.07) is 11.5. The fourth-order valence-corrected chi connectivity index (χ4v) is 3.00. The van der Waals surface area contributed by atoms with E-state index in [0.29, 0.717) is 22.3 Å². The van der Waals surface area contributed by atoms with E-state index in [9.17, 15) is 9.18 Å². The molecule has 0 fully saturated rings. The number of thioether (sulfide) groups is 1. The molecule has 0 radical (unpaired) electrons. The first-order valence-electron chi connectivity index (χ1n) is 7.47. The molecule has 5 nitrogen and oxygen atoms in total. The number of Topliss-reactive ketones (excluding diaryl/α,β-unsaturated/α-hetero) is 1. The first-order chi connectivity index (χ1) is 12.1. The third kappa shape index (κ3) is 3.88. The van der Waals surface area contributed by atoms with Crippen molar-refractivity contribution in [2.75, 3.05) is 7.11 Å². The van der Waals surface area contributed by atoms with Gasteiger partial charge in [0, 0.05) is 16.9 Å². The van der Waals surface area contributed by atoms with Gasteiger partial charge in [-0.15, -0.1) is 10.2 Å². The lowest BCUT2D eigenvalue weighted by molar-refractivity contribution is 0.101. The number of ether oxygens (including phenoxy) is 1. The summed E-state index contributed by atoms with van der Waals surface area (Å²) in [5, 5.41) is 8.13. The maximum Gasteiger partial charge on any atom is 0.277 e. The molecular formula is C18H15FN2O3S. The lowest BCUT2D eigenvalue weighted by Crippen LogP contribution is -1.96. The molecule has 1 heterocycles. The summed E-state index contributed by atoms with van der Waals surface area (Å²) in [6.07, 6.45) is 0. The van der Waals surface area contributed by atoms with Crippen LogP contribution in [0.4, 0.5) is 4.39 Å². The summed E-state index contributed by atoms with van der Waals surface area (Å²) in [5.74, 6) is 0.840. The minimum absolute atomic E-state index is 0.0199. The Balaban J connectivity index is 1.78. The second-order valence-electron chi connectivity index (χ2n) is 5.22. The highest BCUT2D eigenvalue weighted by Gasteiger charge is 2.14. The van der Waals surface area contributed by atoms with Gasteiger partial charge in [0.2, 0.25) is 0 Å². The van der Waals surface area contributed by atoms with Gasteiger partial charge in [-0.25, -0.2) is 4.39 Å². The van der Waals surface area contributed by atoms with E-state index >= 15 is 0 Å². The van der Waals surface area contributed by atoms with Crippen LogP contribution < -0.4 is 4.74 Å². The van der Waals surface area contributed by atoms with Crippen LogP contribution in [0.1, 0.15) is 22.8 Å². The van der Waals surface area contributed by atoms with Crippen molar-refractivity contribution in [3.8, 4) is 17.2 Å². The molecule has 1 aromatic heterocycles. The Morgan fingerprint density at radius 2 is 2.04 bits per heavy atom. The van der Waals surface area contributed by atoms with Crippen molar-refractivity contribution in [1.82, 2.24) is 10.2 Å². The van der Waals surface area contributed by atoms with Crippen LogP contribution in [-0.2, 0) is 5.75 Å². The number of hydrogen-bond donors (Lipinski definition) is 0. The molecule has 7 heteroatoms. The zero-order valence-electron chi connectivity index (χ0n) is 13.7. The molecule has 2 aromatic carbocycles. The molecule has 0 amide bonds. The maximum atomic E-state index is 13.8. The molecular weight excluding hydrogens is 343 g/mol. The molecule has 0 saturated carbocycles. The zero-order chi connectivity index (χ0) is 17.8. The van der Waals surface area contributed by atoms with Crippen LogP contribution in [0.15, 0.2) is 52.1 Å². The fourth-order valence-electron chi connectivity index (χ4n) is 2.26. The Morgan fingerprint density at radius 1 is 1.24 bits per heavy atom. The van der Waals surface area contributed by atoms with Crippen LogP contribution >= 0.6 is 11.8 Å². The van der Waals surface area contributed by atoms with Gasteiger partial charge in [0.1, 0.15) is 11.6 Å². The summed E-state index contributed by atoms with van der Waals surface area (Å²) < 4.78 is 24.6. The quantitative estimate of drug-likeness (QED) is 0.481. The van der Waals surface area contributed by atoms with E-state index in [4.69, 9.17) is 9.15 Å². The smallest absolute Gasteiger partial charge is 0.277 e. The predicted octanol–water partition coefficient (Wildman–Crippen LogP) is 4.38. The van der Waals surface area contributed by atoms with Crippen molar-refractivity contribution in [2.45, 2.75) is 17.9 Å². The van der Waals surface area contributed by atoms with Gasteiger partial charge in [-0.3, -0.25) is 4.79 Å². The highest BCUT2D eigenvalue weighted by molar-refractivity contribution is 7.98. The normalized spacial score (nSPS) is 10.7. The van der Waals surface area contributed by atoms with Crippen molar-refractivity contribution in [3.63, 3.8) is 0 Å². The molecule has 0 spiro atoms. The minimum Gasteiger partial charge on any atom is -0.496 e. The van der Waals surface area contributed by atoms with E-state index in [2.05, 4.69) is 10.2 Å². The average Bonchev–Trinajstić information content (AvgIpc) is 3.08. The molecule has 3 rings (SSSR count). The molecule has 3 aromatic rings. The van der Waals surface area contributed by atoms with Gasteiger partial charge in [-0.05, 0) is 37.3 Å². The molecule has 128 valence electrons. The summed E-state index contributed by atoms with van der Waals surface area (Å²) >= 11 is 1.29. The van der Waals surface area contributed by atoms with Crippen molar-refractivity contribution >= 4 is 17.5 Å². The molecule has 0 saturated heterocycles. The van der Waals surface area contributed by atoms with E-state index in [1.807, 2.05) is 0 Å². The fraction of sp³-hybridized carbons (Fsp3) is 0.167. The number of carbonyl (C=O) groups is 1. The third-order valence-electron chi connectivity index (χ3n) is 3.55. The van der Waals surface area contributed by atoms with E-state index in [0.717, 1.165) is 5.56 Å². The number of benzene rings is 2. The van der Waals surface area contributed by atoms with Crippen LogP contribution in [-0.4, -0.2) is 23.1 Å². The Kier molecular flexibility index (Phi) is 5.14. The number of carbonyl (C=O) groups excluding carboxylic acids is 1. The summed E-state index contributed by atoms with van der Waals surface area (Å²) in [4.78, 5) is 11.5. The number of rotatable bonds is 6. The predicted molar refractivity (Wildman–Crippen MR) is 92.3 cm³/mol. The lowest BCUT2D eigenvalue weighted by atomic mass is 10.1. The van der Waals surface area contributed by atoms with Crippen molar-refractivity contribution in [3.05, 3.63) is 59.4 Å². The SMILES string of the molecule is COc1ccc(C(C)=O)cc1CSc1nnc(-c2ccccc2F)o1. The number of nitrogens with zero attached hydrogens (tertiary/aromatic N) is 2. The van der Waals surface area contributed by atoms with Crippen LogP contribution in [0.5, 0.6) is 5.75 Å². The largest absolute Gasteiger partial charge is 0.496 e. The molecule has 25 heavy (non-hydrogen) atoms. The Labute approximate surface area is 148 Å². The van der Waals surface area contributed by atoms with Crippen molar-refractivity contribution in [1.29, 1.82) is 0 Å². The second kappa shape index (κ2) is 7.48. The van der Waals surface area contributed by atoms with Crippen molar-refractivity contribution < 1.29 is 18.3 Å². The first-order valence-corrected chi connectivity index (χ1v) is 8.46. The molecule has 0 atom stereocenters. The van der Waals surface area contributed by atoms with Gasteiger partial charge in [0.15, 0.2) is 5.78 Å². The van der Waals surface area contributed by atoms with Crippen LogP contribution in [0.3, 0.4) is 0 Å². The molecule has 0 unspecified atom stereocenters. The molecule has 0 aliphatic rings. The Hall–Kier alpha value is -2.67. The number of ketones is 1. The van der Waals surface area contributed by atoms with Crippen LogP contribution in [0.2, 0.25) is 0 Å². The second-order valence-corrected chi connectivity index (χ2v) is 6.15. The molecule has 0 bridgehead atoms. The number of hydrogen-bond acceptors (Lipinski definition) is 6. The topological polar surface area (TPSA) is 65.2 Å². The first kappa shape index (κ1) is 17.2. The number of aromatic nitrogens is 2. The van der Waals surface area contributed by atoms with Gasteiger partial charge in [-0.1, -0.05) is 23.9 Å². The van der Waals surface area contributed by atoms with Crippen LogP contribution in [0.25, 0.3) is 11.5 Å². The van der Waals surface area contributed by atoms with Gasteiger partial charge in [-0.2, -0.15) is 0 Å². The van der Waals surface area contributed by atoms with Crippen LogP contribution in [0, 0.1) is 5.82 Å². The highest BCUT2D eigenvalue weighted by Crippen LogP contribution is 2.30. The molecule has 0 aliphatic heterocycles. The monoisotopic (exact) mass is 358 g/mol. The highest BCUT2D eigenvalue weighted by atomic mass is 32.2. The van der Waals surface area contributed by atoms with E-state index in [1.165, 1.54) is 24.8 Å².